The van der Waals surface area contributed by atoms with E-state index in [1.165, 1.54) is 29.6 Å². The number of phenols is 1. The summed E-state index contributed by atoms with van der Waals surface area (Å²) in [6.07, 6.45) is 1.48. The maximum atomic E-state index is 13.1. The topological polar surface area (TPSA) is 153 Å². The van der Waals surface area contributed by atoms with Gasteiger partial charge in [-0.3, -0.25) is 4.79 Å². The van der Waals surface area contributed by atoms with Crippen LogP contribution in [-0.4, -0.2) is 64.2 Å². The summed E-state index contributed by atoms with van der Waals surface area (Å²) in [5.74, 6) is -0.158. The van der Waals surface area contributed by atoms with Crippen molar-refractivity contribution in [3.05, 3.63) is 76.3 Å². The Morgan fingerprint density at radius 3 is 2.70 bits per heavy atom. The van der Waals surface area contributed by atoms with E-state index in [9.17, 15) is 18.3 Å². The van der Waals surface area contributed by atoms with Crippen LogP contribution in [0.2, 0.25) is 0 Å². The van der Waals surface area contributed by atoms with E-state index < -0.39 is 16.2 Å². The molecule has 2 N–H and O–H groups in total. The molecule has 234 valence electrons. The standard InChI is InChI=1S/C31H36N4O8S/c1-4-42-30(38)17-26(25-9-10-27-31(20(25)2)32-33-35(27)13-5-6-14-36)21-7-11-28(41-3)22(15-21)18-34-19-23-16-24(37)8-12-29(23)43-44(34,39)40/h7-12,15-16,26,36-37H,4-6,13-14,17-19H2,1-3H3. The molecule has 5 rings (SSSR count). The SMILES string of the molecule is CCOC(=O)CC(c1ccc(OC)c(CN2Cc3cc(O)ccc3OS2(=O)=O)c1)c1ccc2c(nnn2CCCCO)c1C. The van der Waals surface area contributed by atoms with Gasteiger partial charge >= 0.3 is 16.3 Å². The van der Waals surface area contributed by atoms with Gasteiger partial charge in [0.2, 0.25) is 0 Å². The van der Waals surface area contributed by atoms with Crippen LogP contribution in [0, 0.1) is 6.92 Å². The van der Waals surface area contributed by atoms with Crippen molar-refractivity contribution in [2.24, 2.45) is 0 Å². The lowest BCUT2D eigenvalue weighted by atomic mass is 9.84. The number of aliphatic hydroxyl groups excluding tert-OH is 1. The number of aryl methyl sites for hydroxylation is 2. The summed E-state index contributed by atoms with van der Waals surface area (Å²) < 4.78 is 45.3. The largest absolute Gasteiger partial charge is 0.508 e. The smallest absolute Gasteiger partial charge is 0.385 e. The van der Waals surface area contributed by atoms with Gasteiger partial charge in [-0.15, -0.1) is 5.10 Å². The summed E-state index contributed by atoms with van der Waals surface area (Å²) >= 11 is 0. The van der Waals surface area contributed by atoms with Gasteiger partial charge in [0.05, 0.1) is 25.7 Å². The highest BCUT2D eigenvalue weighted by Gasteiger charge is 2.33. The number of fused-ring (bicyclic) bond motifs is 2. The van der Waals surface area contributed by atoms with Gasteiger partial charge < -0.3 is 23.9 Å². The van der Waals surface area contributed by atoms with Gasteiger partial charge in [-0.2, -0.15) is 12.7 Å². The average Bonchev–Trinajstić information content (AvgIpc) is 3.41. The van der Waals surface area contributed by atoms with Crippen LogP contribution in [0.1, 0.15) is 59.9 Å². The predicted octanol–water partition coefficient (Wildman–Crippen LogP) is 3.95. The molecule has 0 bridgehead atoms. The first-order valence-corrected chi connectivity index (χ1v) is 15.8. The number of carbonyl (C=O) groups is 1. The quantitative estimate of drug-likeness (QED) is 0.175. The number of aromatic nitrogens is 3. The van der Waals surface area contributed by atoms with Gasteiger partial charge in [0.25, 0.3) is 0 Å². The highest BCUT2D eigenvalue weighted by Crippen LogP contribution is 2.38. The normalized spacial score (nSPS) is 15.0. The molecule has 0 saturated heterocycles. The van der Waals surface area contributed by atoms with E-state index in [2.05, 4.69) is 10.3 Å². The number of esters is 1. The second-order valence-electron chi connectivity index (χ2n) is 10.6. The number of rotatable bonds is 12. The third-order valence-electron chi connectivity index (χ3n) is 7.77. The van der Waals surface area contributed by atoms with Gasteiger partial charge in [-0.05, 0) is 73.7 Å². The van der Waals surface area contributed by atoms with Crippen LogP contribution in [0.15, 0.2) is 48.5 Å². The molecule has 3 aromatic carbocycles. The number of aromatic hydroxyl groups is 1. The molecule has 0 aliphatic carbocycles. The molecule has 13 heteroatoms. The molecule has 1 atom stereocenters. The van der Waals surface area contributed by atoms with Crippen LogP contribution >= 0.6 is 0 Å². The minimum absolute atomic E-state index is 0.00452. The molecule has 44 heavy (non-hydrogen) atoms. The number of hydrogen-bond acceptors (Lipinski definition) is 10. The molecular weight excluding hydrogens is 588 g/mol. The van der Waals surface area contributed by atoms with Crippen LogP contribution in [-0.2, 0) is 39.5 Å². The number of nitrogens with zero attached hydrogens (tertiary/aromatic N) is 4. The van der Waals surface area contributed by atoms with Crippen LogP contribution in [0.25, 0.3) is 11.0 Å². The second-order valence-corrected chi connectivity index (χ2v) is 12.2. The molecule has 1 aliphatic rings. The average molecular weight is 625 g/mol. The molecule has 0 radical (unpaired) electrons. The number of benzene rings is 3. The Morgan fingerprint density at radius 1 is 1.14 bits per heavy atom. The van der Waals surface area contributed by atoms with Crippen LogP contribution in [0.4, 0.5) is 0 Å². The zero-order valence-electron chi connectivity index (χ0n) is 24.9. The summed E-state index contributed by atoms with van der Waals surface area (Å²) in [5, 5.41) is 27.8. The number of aliphatic hydroxyl groups is 1. The zero-order valence-corrected chi connectivity index (χ0v) is 25.7. The molecule has 2 heterocycles. The van der Waals surface area contributed by atoms with Gasteiger partial charge in [-0.25, -0.2) is 4.68 Å². The maximum absolute atomic E-state index is 13.1. The van der Waals surface area contributed by atoms with Gasteiger partial charge in [0, 0.05) is 43.3 Å². The number of ether oxygens (including phenoxy) is 2. The highest BCUT2D eigenvalue weighted by molar-refractivity contribution is 7.84. The van der Waals surface area contributed by atoms with E-state index in [1.54, 1.807) is 13.0 Å². The molecule has 1 unspecified atom stereocenters. The van der Waals surface area contributed by atoms with Crippen LogP contribution < -0.4 is 8.92 Å². The number of phenolic OH excluding ortho intramolecular Hbond substituents is 1. The Morgan fingerprint density at radius 2 is 1.95 bits per heavy atom. The Bertz CT molecular complexity index is 1770. The summed E-state index contributed by atoms with van der Waals surface area (Å²) in [6, 6.07) is 13.6. The van der Waals surface area contributed by atoms with E-state index in [0.717, 1.165) is 28.6 Å². The van der Waals surface area contributed by atoms with Crippen molar-refractivity contribution in [2.75, 3.05) is 20.3 Å². The Labute approximate surface area is 256 Å². The van der Waals surface area contributed by atoms with Gasteiger partial charge in [0.1, 0.15) is 22.8 Å². The second kappa shape index (κ2) is 13.2. The molecule has 1 aromatic heterocycles. The predicted molar refractivity (Wildman–Crippen MR) is 162 cm³/mol. The Balaban J connectivity index is 1.53. The molecule has 12 nitrogen and oxygen atoms in total. The van der Waals surface area contributed by atoms with E-state index in [0.29, 0.717) is 35.4 Å². The third kappa shape index (κ3) is 6.49. The highest BCUT2D eigenvalue weighted by atomic mass is 32.2. The van der Waals surface area contributed by atoms with Crippen molar-refractivity contribution >= 4 is 27.3 Å². The van der Waals surface area contributed by atoms with Gasteiger partial charge in [-0.1, -0.05) is 23.4 Å². The monoisotopic (exact) mass is 624 g/mol. The van der Waals surface area contributed by atoms with E-state index in [-0.39, 0.29) is 50.2 Å². The van der Waals surface area contributed by atoms with Crippen molar-refractivity contribution < 1.29 is 37.1 Å². The van der Waals surface area contributed by atoms with Crippen molar-refractivity contribution in [1.29, 1.82) is 0 Å². The first kappa shape index (κ1) is 31.2. The van der Waals surface area contributed by atoms with Crippen molar-refractivity contribution in [1.82, 2.24) is 19.3 Å². The fraction of sp³-hybridized carbons (Fsp3) is 0.387. The Hall–Kier alpha value is -4.20. The minimum Gasteiger partial charge on any atom is -0.508 e. The maximum Gasteiger partial charge on any atom is 0.385 e. The lowest BCUT2D eigenvalue weighted by Crippen LogP contribution is -2.37. The number of carbonyl (C=O) groups excluding carboxylic acids is 1. The lowest BCUT2D eigenvalue weighted by Gasteiger charge is -2.28. The van der Waals surface area contributed by atoms with Gasteiger partial charge in [0.15, 0.2) is 0 Å². The molecule has 0 spiro atoms. The molecule has 0 amide bonds. The van der Waals surface area contributed by atoms with Crippen molar-refractivity contribution in [2.45, 2.75) is 58.7 Å². The zero-order chi connectivity index (χ0) is 31.4. The minimum atomic E-state index is -4.13. The van der Waals surface area contributed by atoms with Crippen molar-refractivity contribution in [3.8, 4) is 17.2 Å². The van der Waals surface area contributed by atoms with E-state index in [1.807, 2.05) is 35.9 Å². The lowest BCUT2D eigenvalue weighted by molar-refractivity contribution is -0.143. The molecule has 0 fully saturated rings. The third-order valence-corrected chi connectivity index (χ3v) is 9.05. The summed E-state index contributed by atoms with van der Waals surface area (Å²) in [5.41, 5.74) is 5.17. The first-order chi connectivity index (χ1) is 21.1. The van der Waals surface area contributed by atoms with E-state index >= 15 is 0 Å². The summed E-state index contributed by atoms with van der Waals surface area (Å²) in [7, 11) is -2.63. The fourth-order valence-electron chi connectivity index (χ4n) is 5.56. The molecule has 1 aliphatic heterocycles. The van der Waals surface area contributed by atoms with E-state index in [4.69, 9.17) is 18.8 Å². The summed E-state index contributed by atoms with van der Waals surface area (Å²) in [6.45, 7) is 4.60. The fourth-order valence-corrected chi connectivity index (χ4v) is 6.65. The summed E-state index contributed by atoms with van der Waals surface area (Å²) in [4.78, 5) is 12.9. The first-order valence-electron chi connectivity index (χ1n) is 14.4. The van der Waals surface area contributed by atoms with Crippen LogP contribution in [0.3, 0.4) is 0 Å². The molecule has 4 aromatic rings. The molecular formula is C31H36N4O8S. The number of unbranched alkanes of at least 4 members (excludes halogenated alkanes) is 1. The van der Waals surface area contributed by atoms with Crippen molar-refractivity contribution in [3.63, 3.8) is 0 Å². The number of hydrogen-bond donors (Lipinski definition) is 2. The Kier molecular flexibility index (Phi) is 9.37. The molecule has 0 saturated carbocycles. The van der Waals surface area contributed by atoms with Crippen LogP contribution in [0.5, 0.6) is 17.2 Å². The number of methoxy groups -OCH3 is 1.